The standard InChI is InChI=1S/C23H29BrN2O4/c1-5-25-23(28)16(2)26(15-18-7-6-8-19(24)13-18)22(27)12-10-17-9-11-20(29-3)21(14-17)30-4/h6-9,11,13-14,16H,5,10,12,15H2,1-4H3,(H,25,28). The summed E-state index contributed by atoms with van der Waals surface area (Å²) in [7, 11) is 3.17. The fourth-order valence-electron chi connectivity index (χ4n) is 3.17. The van der Waals surface area contributed by atoms with E-state index in [1.807, 2.05) is 49.4 Å². The Morgan fingerprint density at radius 1 is 1.07 bits per heavy atom. The predicted octanol–water partition coefficient (Wildman–Crippen LogP) is 3.95. The van der Waals surface area contributed by atoms with Crippen LogP contribution < -0.4 is 14.8 Å². The van der Waals surface area contributed by atoms with Gasteiger partial charge in [-0.3, -0.25) is 9.59 Å². The number of carbonyl (C=O) groups is 2. The molecule has 0 aromatic heterocycles. The first kappa shape index (κ1) is 23.7. The number of nitrogens with zero attached hydrogens (tertiary/aromatic N) is 1. The molecule has 2 rings (SSSR count). The molecule has 2 amide bonds. The van der Waals surface area contributed by atoms with Crippen LogP contribution in [0.5, 0.6) is 11.5 Å². The van der Waals surface area contributed by atoms with Crippen molar-refractivity contribution in [2.45, 2.75) is 39.3 Å². The van der Waals surface area contributed by atoms with Crippen molar-refractivity contribution in [2.24, 2.45) is 0 Å². The van der Waals surface area contributed by atoms with Gasteiger partial charge in [-0.1, -0.05) is 34.1 Å². The molecular formula is C23H29BrN2O4. The fourth-order valence-corrected chi connectivity index (χ4v) is 3.61. The number of likely N-dealkylation sites (N-methyl/N-ethyl adjacent to an activating group) is 1. The molecule has 0 saturated heterocycles. The Hall–Kier alpha value is -2.54. The van der Waals surface area contributed by atoms with E-state index >= 15 is 0 Å². The van der Waals surface area contributed by atoms with Gasteiger partial charge in [-0.2, -0.15) is 0 Å². The van der Waals surface area contributed by atoms with E-state index in [1.165, 1.54) is 0 Å². The molecule has 162 valence electrons. The van der Waals surface area contributed by atoms with Crippen LogP contribution in [0.4, 0.5) is 0 Å². The number of carbonyl (C=O) groups excluding carboxylic acids is 2. The summed E-state index contributed by atoms with van der Waals surface area (Å²) in [6.45, 7) is 4.51. The lowest BCUT2D eigenvalue weighted by molar-refractivity contribution is -0.140. The van der Waals surface area contributed by atoms with Gasteiger partial charge in [0.15, 0.2) is 11.5 Å². The van der Waals surface area contributed by atoms with Gasteiger partial charge in [-0.15, -0.1) is 0 Å². The zero-order chi connectivity index (χ0) is 22.1. The molecule has 1 N–H and O–H groups in total. The van der Waals surface area contributed by atoms with E-state index in [0.717, 1.165) is 15.6 Å². The Kier molecular flexibility index (Phi) is 9.17. The van der Waals surface area contributed by atoms with E-state index < -0.39 is 6.04 Å². The van der Waals surface area contributed by atoms with Gasteiger partial charge in [-0.25, -0.2) is 0 Å². The molecule has 0 aliphatic rings. The molecule has 0 bridgehead atoms. The number of rotatable bonds is 10. The number of hydrogen-bond donors (Lipinski definition) is 1. The maximum Gasteiger partial charge on any atom is 0.242 e. The average molecular weight is 477 g/mol. The van der Waals surface area contributed by atoms with Crippen molar-refractivity contribution >= 4 is 27.7 Å². The molecular weight excluding hydrogens is 448 g/mol. The summed E-state index contributed by atoms with van der Waals surface area (Å²) in [5, 5.41) is 2.81. The van der Waals surface area contributed by atoms with Gasteiger partial charge in [0.1, 0.15) is 6.04 Å². The molecule has 7 heteroatoms. The van der Waals surface area contributed by atoms with Crippen LogP contribution in [0.3, 0.4) is 0 Å². The maximum absolute atomic E-state index is 13.1. The van der Waals surface area contributed by atoms with Gasteiger partial charge in [0.2, 0.25) is 11.8 Å². The van der Waals surface area contributed by atoms with Gasteiger partial charge in [0, 0.05) is 24.0 Å². The number of aryl methyl sites for hydroxylation is 1. The molecule has 30 heavy (non-hydrogen) atoms. The number of methoxy groups -OCH3 is 2. The molecule has 0 aliphatic carbocycles. The zero-order valence-electron chi connectivity index (χ0n) is 17.9. The number of halogens is 1. The molecule has 6 nitrogen and oxygen atoms in total. The zero-order valence-corrected chi connectivity index (χ0v) is 19.5. The van der Waals surface area contributed by atoms with Crippen molar-refractivity contribution in [2.75, 3.05) is 20.8 Å². The van der Waals surface area contributed by atoms with Gasteiger partial charge >= 0.3 is 0 Å². The van der Waals surface area contributed by atoms with Gasteiger partial charge < -0.3 is 19.7 Å². The van der Waals surface area contributed by atoms with Crippen molar-refractivity contribution in [3.05, 3.63) is 58.1 Å². The van der Waals surface area contributed by atoms with Crippen LogP contribution in [0, 0.1) is 0 Å². The highest BCUT2D eigenvalue weighted by Crippen LogP contribution is 2.28. The van der Waals surface area contributed by atoms with Crippen LogP contribution in [0.25, 0.3) is 0 Å². The lowest BCUT2D eigenvalue weighted by Gasteiger charge is -2.29. The van der Waals surface area contributed by atoms with Crippen LogP contribution in [-0.2, 0) is 22.6 Å². The van der Waals surface area contributed by atoms with Crippen LogP contribution in [0.15, 0.2) is 46.9 Å². The Balaban J connectivity index is 2.16. The summed E-state index contributed by atoms with van der Waals surface area (Å²) >= 11 is 3.46. The Morgan fingerprint density at radius 2 is 1.80 bits per heavy atom. The van der Waals surface area contributed by atoms with Crippen molar-refractivity contribution in [1.82, 2.24) is 10.2 Å². The molecule has 0 aliphatic heterocycles. The third kappa shape index (κ3) is 6.49. The SMILES string of the molecule is CCNC(=O)C(C)N(Cc1cccc(Br)c1)C(=O)CCc1ccc(OC)c(OC)c1. The predicted molar refractivity (Wildman–Crippen MR) is 121 cm³/mol. The third-order valence-corrected chi connectivity index (χ3v) is 5.33. The van der Waals surface area contributed by atoms with Crippen molar-refractivity contribution in [3.8, 4) is 11.5 Å². The largest absolute Gasteiger partial charge is 0.493 e. The molecule has 0 radical (unpaired) electrons. The van der Waals surface area contributed by atoms with Crippen LogP contribution in [0.1, 0.15) is 31.4 Å². The monoisotopic (exact) mass is 476 g/mol. The molecule has 0 heterocycles. The Morgan fingerprint density at radius 3 is 2.43 bits per heavy atom. The van der Waals surface area contributed by atoms with Crippen LogP contribution in [0.2, 0.25) is 0 Å². The van der Waals surface area contributed by atoms with E-state index in [2.05, 4.69) is 21.2 Å². The number of hydrogen-bond acceptors (Lipinski definition) is 4. The van der Waals surface area contributed by atoms with Gasteiger partial charge in [0.25, 0.3) is 0 Å². The summed E-state index contributed by atoms with van der Waals surface area (Å²) in [6.07, 6.45) is 0.823. The van der Waals surface area contributed by atoms with Gasteiger partial charge in [0.05, 0.1) is 14.2 Å². The highest BCUT2D eigenvalue weighted by atomic mass is 79.9. The fraction of sp³-hybridized carbons (Fsp3) is 0.391. The normalized spacial score (nSPS) is 11.5. The van der Waals surface area contributed by atoms with E-state index in [4.69, 9.17) is 9.47 Å². The second kappa shape index (κ2) is 11.6. The number of ether oxygens (including phenoxy) is 2. The summed E-state index contributed by atoms with van der Waals surface area (Å²) < 4.78 is 11.5. The first-order valence-electron chi connectivity index (χ1n) is 9.92. The van der Waals surface area contributed by atoms with Crippen LogP contribution >= 0.6 is 15.9 Å². The van der Waals surface area contributed by atoms with Crippen molar-refractivity contribution < 1.29 is 19.1 Å². The highest BCUT2D eigenvalue weighted by Gasteiger charge is 2.25. The third-order valence-electron chi connectivity index (χ3n) is 4.84. The molecule has 1 atom stereocenters. The molecule has 0 spiro atoms. The van der Waals surface area contributed by atoms with E-state index in [0.29, 0.717) is 31.0 Å². The second-order valence-electron chi connectivity index (χ2n) is 6.91. The summed E-state index contributed by atoms with van der Waals surface area (Å²) in [6, 6.07) is 12.8. The van der Waals surface area contributed by atoms with E-state index in [-0.39, 0.29) is 18.2 Å². The van der Waals surface area contributed by atoms with Crippen molar-refractivity contribution in [3.63, 3.8) is 0 Å². The molecule has 1 unspecified atom stereocenters. The van der Waals surface area contributed by atoms with E-state index in [1.54, 1.807) is 26.0 Å². The molecule has 0 saturated carbocycles. The van der Waals surface area contributed by atoms with Crippen LogP contribution in [-0.4, -0.2) is 43.5 Å². The average Bonchev–Trinajstić information content (AvgIpc) is 2.75. The number of amides is 2. The quantitative estimate of drug-likeness (QED) is 0.563. The number of benzene rings is 2. The smallest absolute Gasteiger partial charge is 0.242 e. The maximum atomic E-state index is 13.1. The summed E-state index contributed by atoms with van der Waals surface area (Å²) in [5.74, 6) is 1.04. The van der Waals surface area contributed by atoms with Gasteiger partial charge in [-0.05, 0) is 55.7 Å². The first-order valence-corrected chi connectivity index (χ1v) is 10.7. The Bertz CT molecular complexity index is 872. The summed E-state index contributed by atoms with van der Waals surface area (Å²) in [4.78, 5) is 27.2. The van der Waals surface area contributed by atoms with E-state index in [9.17, 15) is 9.59 Å². The lowest BCUT2D eigenvalue weighted by atomic mass is 10.1. The first-order chi connectivity index (χ1) is 14.4. The van der Waals surface area contributed by atoms with Crippen molar-refractivity contribution in [1.29, 1.82) is 0 Å². The minimum atomic E-state index is -0.568. The molecule has 2 aromatic carbocycles. The number of nitrogens with one attached hydrogen (secondary N) is 1. The molecule has 0 fully saturated rings. The Labute approximate surface area is 186 Å². The highest BCUT2D eigenvalue weighted by molar-refractivity contribution is 9.10. The minimum absolute atomic E-state index is 0.0801. The second-order valence-corrected chi connectivity index (χ2v) is 7.83. The lowest BCUT2D eigenvalue weighted by Crippen LogP contribution is -2.47. The molecule has 2 aromatic rings. The minimum Gasteiger partial charge on any atom is -0.493 e. The topological polar surface area (TPSA) is 67.9 Å². The summed E-state index contributed by atoms with van der Waals surface area (Å²) in [5.41, 5.74) is 1.93.